The van der Waals surface area contributed by atoms with Crippen molar-refractivity contribution < 1.29 is 14.6 Å². The minimum atomic E-state index is -0.652. The van der Waals surface area contributed by atoms with Crippen LogP contribution in [0, 0.1) is 5.92 Å². The number of carboxylic acids is 1. The van der Waals surface area contributed by atoms with Crippen molar-refractivity contribution in [1.29, 1.82) is 0 Å². The van der Waals surface area contributed by atoms with Crippen molar-refractivity contribution in [3.63, 3.8) is 0 Å². The monoisotopic (exact) mass is 427 g/mol. The third kappa shape index (κ3) is 8.53. The lowest BCUT2D eigenvalue weighted by atomic mass is 9.96. The van der Waals surface area contributed by atoms with E-state index < -0.39 is 5.97 Å². The molecule has 4 nitrogen and oxygen atoms in total. The summed E-state index contributed by atoms with van der Waals surface area (Å²) in [5.74, 6) is 0.113. The van der Waals surface area contributed by atoms with Gasteiger partial charge in [0.15, 0.2) is 0 Å². The van der Waals surface area contributed by atoms with Crippen molar-refractivity contribution in [3.8, 4) is 5.75 Å². The molecule has 2 aromatic carbocycles. The Labute approximate surface area is 188 Å². The largest absolute Gasteiger partial charge is 0.494 e. The minimum Gasteiger partial charge on any atom is -0.494 e. The lowest BCUT2D eigenvalue weighted by molar-refractivity contribution is -0.143. The Morgan fingerprint density at radius 2 is 1.74 bits per heavy atom. The summed E-state index contributed by atoms with van der Waals surface area (Å²) in [4.78, 5) is 13.5. The number of ether oxygens (including phenoxy) is 1. The average Bonchev–Trinajstić information content (AvgIpc) is 2.77. The zero-order valence-corrected chi connectivity index (χ0v) is 19.7. The van der Waals surface area contributed by atoms with E-state index in [-0.39, 0.29) is 5.92 Å². The summed E-state index contributed by atoms with van der Waals surface area (Å²) < 4.78 is 6.00. The van der Waals surface area contributed by atoms with Gasteiger partial charge in [0.25, 0.3) is 0 Å². The van der Waals surface area contributed by atoms with Crippen molar-refractivity contribution in [3.05, 3.63) is 42.0 Å². The fraction of sp³-hybridized carbons (Fsp3) is 0.593. The molecule has 0 bridgehead atoms. The number of hydrogen-bond acceptors (Lipinski definition) is 3. The highest BCUT2D eigenvalue weighted by Crippen LogP contribution is 2.27. The van der Waals surface area contributed by atoms with Gasteiger partial charge in [-0.05, 0) is 60.8 Å². The van der Waals surface area contributed by atoms with Crippen LogP contribution in [0.2, 0.25) is 0 Å². The second-order valence-electron chi connectivity index (χ2n) is 8.66. The number of fused-ring (bicyclic) bond motifs is 1. The van der Waals surface area contributed by atoms with E-state index in [9.17, 15) is 9.90 Å². The third-order valence-corrected chi connectivity index (χ3v) is 5.79. The molecule has 1 heterocycles. The molecule has 3 rings (SSSR count). The smallest absolute Gasteiger partial charge is 0.306 e. The molecule has 1 aliphatic rings. The fourth-order valence-corrected chi connectivity index (χ4v) is 4.02. The first-order chi connectivity index (χ1) is 15.1. The summed E-state index contributed by atoms with van der Waals surface area (Å²) in [6, 6.07) is 12.8. The number of hydrogen-bond donors (Lipinski definition) is 1. The summed E-state index contributed by atoms with van der Waals surface area (Å²) in [7, 11) is 0. The van der Waals surface area contributed by atoms with Crippen LogP contribution in [0.3, 0.4) is 0 Å². The van der Waals surface area contributed by atoms with Gasteiger partial charge in [0.1, 0.15) is 5.75 Å². The van der Waals surface area contributed by atoms with Crippen LogP contribution in [0.5, 0.6) is 5.75 Å². The van der Waals surface area contributed by atoms with Gasteiger partial charge in [-0.25, -0.2) is 0 Å². The van der Waals surface area contributed by atoms with Gasteiger partial charge in [-0.1, -0.05) is 77.1 Å². The Bertz CT molecular complexity index is 781. The molecule has 0 saturated carbocycles. The Morgan fingerprint density at radius 3 is 2.42 bits per heavy atom. The molecule has 1 aliphatic heterocycles. The van der Waals surface area contributed by atoms with Gasteiger partial charge in [-0.2, -0.15) is 0 Å². The lowest BCUT2D eigenvalue weighted by Gasteiger charge is -2.30. The highest BCUT2D eigenvalue weighted by molar-refractivity contribution is 5.87. The Hall–Kier alpha value is -2.07. The SMILES string of the molecule is CCC.CCCCCCCOc1ccc2cccc(CN3CCC(C(=O)O)CC3)c2c1. The number of benzene rings is 2. The quantitative estimate of drug-likeness (QED) is 0.419. The van der Waals surface area contributed by atoms with Gasteiger partial charge in [0.2, 0.25) is 0 Å². The number of nitrogens with zero attached hydrogens (tertiary/aromatic N) is 1. The molecule has 1 N–H and O–H groups in total. The average molecular weight is 428 g/mol. The van der Waals surface area contributed by atoms with Gasteiger partial charge in [-0.15, -0.1) is 0 Å². The van der Waals surface area contributed by atoms with E-state index in [1.807, 2.05) is 0 Å². The van der Waals surface area contributed by atoms with Crippen LogP contribution in [-0.4, -0.2) is 35.7 Å². The molecule has 0 radical (unpaired) electrons. The van der Waals surface area contributed by atoms with Crippen LogP contribution in [0.15, 0.2) is 36.4 Å². The Kier molecular flexibility index (Phi) is 11.4. The molecule has 0 aliphatic carbocycles. The molecular formula is C27H41NO3. The number of carbonyl (C=O) groups is 1. The number of rotatable bonds is 10. The van der Waals surface area contributed by atoms with Crippen LogP contribution >= 0.6 is 0 Å². The highest BCUT2D eigenvalue weighted by atomic mass is 16.5. The normalized spacial score (nSPS) is 14.8. The summed E-state index contributed by atoms with van der Waals surface area (Å²) in [6.45, 7) is 9.82. The zero-order chi connectivity index (χ0) is 22.5. The van der Waals surface area contributed by atoms with E-state index in [1.54, 1.807) is 0 Å². The second kappa shape index (κ2) is 14.1. The molecule has 0 unspecified atom stereocenters. The van der Waals surface area contributed by atoms with E-state index in [0.717, 1.165) is 51.3 Å². The van der Waals surface area contributed by atoms with Crippen LogP contribution < -0.4 is 4.74 Å². The van der Waals surface area contributed by atoms with Crippen molar-refractivity contribution in [2.45, 2.75) is 78.7 Å². The first-order valence-electron chi connectivity index (χ1n) is 12.2. The molecule has 172 valence electrons. The minimum absolute atomic E-state index is 0.180. The molecule has 1 saturated heterocycles. The van der Waals surface area contributed by atoms with Crippen LogP contribution in [0.4, 0.5) is 0 Å². The Balaban J connectivity index is 0.00000107. The van der Waals surface area contributed by atoms with E-state index in [4.69, 9.17) is 4.74 Å². The number of piperidine rings is 1. The van der Waals surface area contributed by atoms with Crippen molar-refractivity contribution >= 4 is 16.7 Å². The summed E-state index contributed by atoms with van der Waals surface area (Å²) in [6.07, 6.45) is 8.95. The molecule has 31 heavy (non-hydrogen) atoms. The lowest BCUT2D eigenvalue weighted by Crippen LogP contribution is -2.35. The van der Waals surface area contributed by atoms with Crippen LogP contribution in [0.25, 0.3) is 10.8 Å². The summed E-state index contributed by atoms with van der Waals surface area (Å²) in [5, 5.41) is 11.7. The predicted molar refractivity (Wildman–Crippen MR) is 130 cm³/mol. The molecular weight excluding hydrogens is 386 g/mol. The van der Waals surface area contributed by atoms with Gasteiger partial charge >= 0.3 is 5.97 Å². The number of unbranched alkanes of at least 4 members (excludes halogenated alkanes) is 4. The molecule has 2 aromatic rings. The topological polar surface area (TPSA) is 49.8 Å². The molecule has 0 spiro atoms. The van der Waals surface area contributed by atoms with Crippen LogP contribution in [-0.2, 0) is 11.3 Å². The highest BCUT2D eigenvalue weighted by Gasteiger charge is 2.24. The number of carboxylic acid groups (broad SMARTS) is 1. The molecule has 4 heteroatoms. The number of likely N-dealkylation sites (tertiary alicyclic amines) is 1. The van der Waals surface area contributed by atoms with Crippen LogP contribution in [0.1, 0.15) is 77.7 Å². The molecule has 0 aromatic heterocycles. The van der Waals surface area contributed by atoms with Gasteiger partial charge in [0.05, 0.1) is 12.5 Å². The molecule has 0 amide bonds. The second-order valence-corrected chi connectivity index (χ2v) is 8.66. The van der Waals surface area contributed by atoms with E-state index >= 15 is 0 Å². The van der Waals surface area contributed by atoms with E-state index in [0.29, 0.717) is 0 Å². The maximum absolute atomic E-state index is 11.2. The van der Waals surface area contributed by atoms with Crippen molar-refractivity contribution in [2.24, 2.45) is 5.92 Å². The molecule has 1 fully saturated rings. The van der Waals surface area contributed by atoms with Gasteiger partial charge in [0, 0.05) is 6.54 Å². The van der Waals surface area contributed by atoms with Crippen molar-refractivity contribution in [1.82, 2.24) is 4.90 Å². The third-order valence-electron chi connectivity index (χ3n) is 5.79. The number of aliphatic carboxylic acids is 1. The van der Waals surface area contributed by atoms with Gasteiger partial charge in [-0.3, -0.25) is 9.69 Å². The van der Waals surface area contributed by atoms with E-state index in [2.05, 4.69) is 62.1 Å². The molecule has 0 atom stereocenters. The fourth-order valence-electron chi connectivity index (χ4n) is 4.02. The first-order valence-corrected chi connectivity index (χ1v) is 12.2. The first kappa shape index (κ1) is 25.2. The zero-order valence-electron chi connectivity index (χ0n) is 19.7. The predicted octanol–water partition coefficient (Wildman–Crippen LogP) is 6.90. The van der Waals surface area contributed by atoms with Gasteiger partial charge < -0.3 is 9.84 Å². The standard InChI is InChI=1S/C24H33NO3.C3H8/c1-2-3-4-5-6-16-28-22-11-10-19-8-7-9-21(23(19)17-22)18-25-14-12-20(13-15-25)24(26)27;1-3-2/h7-11,17,20H,2-6,12-16,18H2,1H3,(H,26,27);3H2,1-2H3. The maximum Gasteiger partial charge on any atom is 0.306 e. The Morgan fingerprint density at radius 1 is 1.03 bits per heavy atom. The summed E-state index contributed by atoms with van der Waals surface area (Å²) in [5.41, 5.74) is 1.29. The van der Waals surface area contributed by atoms with Crippen molar-refractivity contribution in [2.75, 3.05) is 19.7 Å². The van der Waals surface area contributed by atoms with E-state index in [1.165, 1.54) is 48.4 Å². The maximum atomic E-state index is 11.2. The summed E-state index contributed by atoms with van der Waals surface area (Å²) >= 11 is 0.